The van der Waals surface area contributed by atoms with Gasteiger partial charge >= 0.3 is 5.97 Å². The van der Waals surface area contributed by atoms with Gasteiger partial charge in [0.2, 0.25) is 5.91 Å². The highest BCUT2D eigenvalue weighted by Gasteiger charge is 2.65. The van der Waals surface area contributed by atoms with Gasteiger partial charge in [0, 0.05) is 12.6 Å². The average molecular weight is 282 g/mol. The Morgan fingerprint density at radius 1 is 1.25 bits per heavy atom. The fraction of sp³-hybridized carbons (Fsp3) is 0.867. The Kier molecular flexibility index (Phi) is 4.37. The molecule has 0 bridgehead atoms. The number of carboxylic acid groups (broad SMARTS) is 1. The van der Waals surface area contributed by atoms with Crippen molar-refractivity contribution in [3.63, 3.8) is 0 Å². The van der Waals surface area contributed by atoms with Crippen molar-refractivity contribution in [3.8, 4) is 0 Å². The van der Waals surface area contributed by atoms with Gasteiger partial charge in [0.1, 0.15) is 0 Å². The maximum Gasteiger partial charge on any atom is 0.307 e. The van der Waals surface area contributed by atoms with Crippen LogP contribution in [0.3, 0.4) is 0 Å². The number of likely N-dealkylation sites (tertiary alicyclic amines) is 1. The van der Waals surface area contributed by atoms with E-state index in [1.54, 1.807) is 0 Å². The second-order valence-electron chi connectivity index (χ2n) is 6.81. The molecule has 3 atom stereocenters. The van der Waals surface area contributed by atoms with E-state index in [4.69, 9.17) is 5.11 Å². The monoisotopic (exact) mass is 282 g/mol. The van der Waals surface area contributed by atoms with Crippen molar-refractivity contribution < 1.29 is 14.7 Å². The molecule has 1 heterocycles. The lowest BCUT2D eigenvalue weighted by molar-refractivity contribution is -0.140. The third-order valence-corrected chi connectivity index (χ3v) is 4.96. The number of nitrogens with zero attached hydrogens (tertiary/aromatic N) is 1. The highest BCUT2D eigenvalue weighted by Crippen LogP contribution is 2.58. The molecule has 0 aromatic rings. The van der Waals surface area contributed by atoms with Crippen LogP contribution in [0.5, 0.6) is 0 Å². The molecule has 5 nitrogen and oxygen atoms in total. The number of carboxylic acids is 1. The van der Waals surface area contributed by atoms with Gasteiger partial charge in [-0.3, -0.25) is 14.5 Å². The molecule has 2 aliphatic rings. The van der Waals surface area contributed by atoms with Crippen LogP contribution in [-0.2, 0) is 9.59 Å². The quantitative estimate of drug-likeness (QED) is 0.798. The zero-order valence-electron chi connectivity index (χ0n) is 12.7. The summed E-state index contributed by atoms with van der Waals surface area (Å²) in [5, 5.41) is 12.0. The van der Waals surface area contributed by atoms with E-state index in [0.29, 0.717) is 12.6 Å². The van der Waals surface area contributed by atoms with Crippen LogP contribution in [-0.4, -0.2) is 47.6 Å². The van der Waals surface area contributed by atoms with Gasteiger partial charge in [0.25, 0.3) is 0 Å². The minimum Gasteiger partial charge on any atom is -0.481 e. The summed E-state index contributed by atoms with van der Waals surface area (Å²) in [5.74, 6) is -1.88. The predicted octanol–water partition coefficient (Wildman–Crippen LogP) is 1.33. The van der Waals surface area contributed by atoms with Crippen molar-refractivity contribution in [3.05, 3.63) is 0 Å². The minimum absolute atomic E-state index is 0.105. The molecule has 1 saturated carbocycles. The Labute approximate surface area is 120 Å². The van der Waals surface area contributed by atoms with E-state index >= 15 is 0 Å². The van der Waals surface area contributed by atoms with Gasteiger partial charge in [-0.05, 0) is 38.3 Å². The first-order valence-electron chi connectivity index (χ1n) is 7.60. The van der Waals surface area contributed by atoms with Crippen LogP contribution < -0.4 is 5.32 Å². The average Bonchev–Trinajstić information content (AvgIpc) is 3.00. The third kappa shape index (κ3) is 2.97. The summed E-state index contributed by atoms with van der Waals surface area (Å²) in [6, 6.07) is 0.324. The van der Waals surface area contributed by atoms with Gasteiger partial charge in [0.15, 0.2) is 0 Å². The lowest BCUT2D eigenvalue weighted by Gasteiger charge is -2.32. The zero-order chi connectivity index (χ0) is 14.9. The standard InChI is InChI=1S/C15H26N2O3/c1-10(17-7-5-4-6-8-17)9-16-13(18)11-12(14(19)20)15(11,2)3/h10-12H,4-9H2,1-3H3,(H,16,18)(H,19,20)/t10?,11-,12+/m1/s1. The summed E-state index contributed by atoms with van der Waals surface area (Å²) in [4.78, 5) is 25.6. The second-order valence-corrected chi connectivity index (χ2v) is 6.81. The fourth-order valence-electron chi connectivity index (χ4n) is 3.43. The number of aliphatic carboxylic acids is 1. The van der Waals surface area contributed by atoms with E-state index in [-0.39, 0.29) is 11.8 Å². The van der Waals surface area contributed by atoms with Crippen LogP contribution in [0.25, 0.3) is 0 Å². The summed E-state index contributed by atoms with van der Waals surface area (Å²) in [6.07, 6.45) is 3.76. The molecule has 0 radical (unpaired) electrons. The summed E-state index contributed by atoms with van der Waals surface area (Å²) >= 11 is 0. The number of rotatable bonds is 5. The predicted molar refractivity (Wildman–Crippen MR) is 76.3 cm³/mol. The zero-order valence-corrected chi connectivity index (χ0v) is 12.7. The summed E-state index contributed by atoms with van der Waals surface area (Å²) in [5.41, 5.74) is -0.412. The maximum absolute atomic E-state index is 12.1. The SMILES string of the molecule is CC(CNC(=O)[C@H]1[C@@H](C(=O)O)C1(C)C)N1CCCCC1. The van der Waals surface area contributed by atoms with Gasteiger partial charge in [-0.25, -0.2) is 0 Å². The van der Waals surface area contributed by atoms with Crippen LogP contribution >= 0.6 is 0 Å². The van der Waals surface area contributed by atoms with E-state index in [0.717, 1.165) is 13.1 Å². The van der Waals surface area contributed by atoms with Crippen LogP contribution in [0.15, 0.2) is 0 Å². The first-order valence-corrected chi connectivity index (χ1v) is 7.60. The van der Waals surface area contributed by atoms with Gasteiger partial charge in [-0.15, -0.1) is 0 Å². The normalized spacial score (nSPS) is 30.6. The largest absolute Gasteiger partial charge is 0.481 e. The molecule has 0 aromatic carbocycles. The smallest absolute Gasteiger partial charge is 0.307 e. The Morgan fingerprint density at radius 2 is 1.85 bits per heavy atom. The maximum atomic E-state index is 12.1. The third-order valence-electron chi connectivity index (χ3n) is 4.96. The Bertz CT molecular complexity index is 389. The number of carbonyl (C=O) groups excluding carboxylic acids is 1. The molecule has 0 aromatic heterocycles. The van der Waals surface area contributed by atoms with Gasteiger partial charge in [0.05, 0.1) is 11.8 Å². The molecule has 114 valence electrons. The molecule has 0 spiro atoms. The van der Waals surface area contributed by atoms with E-state index < -0.39 is 17.3 Å². The van der Waals surface area contributed by atoms with Crippen molar-refractivity contribution >= 4 is 11.9 Å². The Hall–Kier alpha value is -1.10. The highest BCUT2D eigenvalue weighted by atomic mass is 16.4. The van der Waals surface area contributed by atoms with Gasteiger partial charge in [-0.2, -0.15) is 0 Å². The molecule has 1 aliphatic heterocycles. The number of nitrogens with one attached hydrogen (secondary N) is 1. The number of amides is 1. The van der Waals surface area contributed by atoms with Crippen molar-refractivity contribution in [2.75, 3.05) is 19.6 Å². The molecule has 2 fully saturated rings. The lowest BCUT2D eigenvalue weighted by Crippen LogP contribution is -2.45. The first kappa shape index (κ1) is 15.3. The number of hydrogen-bond donors (Lipinski definition) is 2. The fourth-order valence-corrected chi connectivity index (χ4v) is 3.43. The molecule has 1 aliphatic carbocycles. The number of piperidine rings is 1. The minimum atomic E-state index is -0.862. The molecular weight excluding hydrogens is 256 g/mol. The van der Waals surface area contributed by atoms with Crippen LogP contribution in [0.2, 0.25) is 0 Å². The summed E-state index contributed by atoms with van der Waals surface area (Å²) in [6.45, 7) is 8.64. The van der Waals surface area contributed by atoms with E-state index in [2.05, 4.69) is 17.1 Å². The topological polar surface area (TPSA) is 69.6 Å². The molecule has 2 N–H and O–H groups in total. The Balaban J connectivity index is 1.79. The molecule has 1 saturated heterocycles. The van der Waals surface area contributed by atoms with Crippen molar-refractivity contribution in [1.82, 2.24) is 10.2 Å². The molecule has 5 heteroatoms. The highest BCUT2D eigenvalue weighted by molar-refractivity contribution is 5.91. The number of hydrogen-bond acceptors (Lipinski definition) is 3. The van der Waals surface area contributed by atoms with Crippen molar-refractivity contribution in [1.29, 1.82) is 0 Å². The van der Waals surface area contributed by atoms with E-state index in [9.17, 15) is 9.59 Å². The second kappa shape index (κ2) is 5.72. The molecule has 2 rings (SSSR count). The van der Waals surface area contributed by atoms with Gasteiger partial charge in [-0.1, -0.05) is 20.3 Å². The van der Waals surface area contributed by atoms with Crippen LogP contribution in [0.4, 0.5) is 0 Å². The van der Waals surface area contributed by atoms with E-state index in [1.165, 1.54) is 19.3 Å². The summed E-state index contributed by atoms with van der Waals surface area (Å²) < 4.78 is 0. The molecule has 1 unspecified atom stereocenters. The van der Waals surface area contributed by atoms with Crippen molar-refractivity contribution in [2.45, 2.75) is 46.1 Å². The van der Waals surface area contributed by atoms with E-state index in [1.807, 2.05) is 13.8 Å². The van der Waals surface area contributed by atoms with Gasteiger partial charge < -0.3 is 10.4 Å². The number of carbonyl (C=O) groups is 2. The Morgan fingerprint density at radius 3 is 2.35 bits per heavy atom. The molecule has 1 amide bonds. The molecule has 20 heavy (non-hydrogen) atoms. The van der Waals surface area contributed by atoms with Crippen LogP contribution in [0.1, 0.15) is 40.0 Å². The molecular formula is C15H26N2O3. The van der Waals surface area contributed by atoms with Crippen molar-refractivity contribution in [2.24, 2.45) is 17.3 Å². The first-order chi connectivity index (χ1) is 9.35. The lowest BCUT2D eigenvalue weighted by atomic mass is 10.1. The van der Waals surface area contributed by atoms with Crippen LogP contribution in [0, 0.1) is 17.3 Å². The summed E-state index contributed by atoms with van der Waals surface area (Å²) in [7, 11) is 0.